The number of rotatable bonds is 7. The van der Waals surface area contributed by atoms with Gasteiger partial charge in [0, 0.05) is 21.7 Å². The Morgan fingerprint density at radius 1 is 1.22 bits per heavy atom. The number of hydrogen-bond donors (Lipinski definition) is 1. The fraction of sp³-hybridized carbons (Fsp3) is 0.300. The van der Waals surface area contributed by atoms with Crippen molar-refractivity contribution in [2.45, 2.75) is 26.9 Å². The summed E-state index contributed by atoms with van der Waals surface area (Å²) >= 11 is 9.33. The van der Waals surface area contributed by atoms with Gasteiger partial charge in [0.05, 0.1) is 6.54 Å². The standard InChI is InChI=1S/C20H22BrClN2O3/c1-4-24(12-19(25)23-18-11-16(22)8-5-13(18)2)20(26)14(3)27-17-9-6-15(21)7-10-17/h5-11,14H,4,12H2,1-3H3,(H,23,25). The quantitative estimate of drug-likeness (QED) is 0.663. The number of anilines is 1. The summed E-state index contributed by atoms with van der Waals surface area (Å²) in [5.74, 6) is 0.0545. The monoisotopic (exact) mass is 452 g/mol. The molecule has 0 saturated carbocycles. The van der Waals surface area contributed by atoms with Crippen LogP contribution in [-0.4, -0.2) is 35.9 Å². The molecule has 0 aromatic heterocycles. The van der Waals surface area contributed by atoms with E-state index in [1.807, 2.05) is 32.0 Å². The van der Waals surface area contributed by atoms with Gasteiger partial charge in [-0.1, -0.05) is 33.6 Å². The van der Waals surface area contributed by atoms with Crippen LogP contribution in [0, 0.1) is 6.92 Å². The van der Waals surface area contributed by atoms with E-state index in [0.29, 0.717) is 23.0 Å². The Balaban J connectivity index is 1.97. The molecule has 144 valence electrons. The summed E-state index contributed by atoms with van der Waals surface area (Å²) < 4.78 is 6.62. The van der Waals surface area contributed by atoms with Crippen LogP contribution in [0.5, 0.6) is 5.75 Å². The van der Waals surface area contributed by atoms with Gasteiger partial charge in [-0.25, -0.2) is 0 Å². The van der Waals surface area contributed by atoms with Gasteiger partial charge in [-0.3, -0.25) is 9.59 Å². The average molecular weight is 454 g/mol. The molecule has 2 aromatic carbocycles. The van der Waals surface area contributed by atoms with Gasteiger partial charge in [-0.15, -0.1) is 0 Å². The van der Waals surface area contributed by atoms with Gasteiger partial charge in [-0.05, 0) is 62.7 Å². The summed E-state index contributed by atoms with van der Waals surface area (Å²) in [5, 5.41) is 3.34. The number of benzene rings is 2. The second-order valence-corrected chi connectivity index (χ2v) is 7.43. The number of likely N-dealkylation sites (N-methyl/N-ethyl adjacent to an activating group) is 1. The molecule has 0 heterocycles. The molecule has 1 unspecified atom stereocenters. The van der Waals surface area contributed by atoms with Crippen molar-refractivity contribution in [1.29, 1.82) is 0 Å². The predicted molar refractivity (Wildman–Crippen MR) is 111 cm³/mol. The number of carbonyl (C=O) groups excluding carboxylic acids is 2. The molecule has 27 heavy (non-hydrogen) atoms. The molecule has 0 aliphatic heterocycles. The van der Waals surface area contributed by atoms with E-state index >= 15 is 0 Å². The molecular weight excluding hydrogens is 432 g/mol. The molecule has 1 N–H and O–H groups in total. The summed E-state index contributed by atoms with van der Waals surface area (Å²) in [7, 11) is 0. The number of amides is 2. The molecule has 0 spiro atoms. The highest BCUT2D eigenvalue weighted by molar-refractivity contribution is 9.10. The van der Waals surface area contributed by atoms with Crippen LogP contribution in [-0.2, 0) is 9.59 Å². The smallest absolute Gasteiger partial charge is 0.263 e. The van der Waals surface area contributed by atoms with E-state index < -0.39 is 6.10 Å². The summed E-state index contributed by atoms with van der Waals surface area (Å²) in [5.41, 5.74) is 1.53. The fourth-order valence-corrected chi connectivity index (χ4v) is 2.90. The summed E-state index contributed by atoms with van der Waals surface area (Å²) in [6, 6.07) is 12.5. The Kier molecular flexibility index (Phi) is 7.68. The maximum atomic E-state index is 12.6. The third kappa shape index (κ3) is 6.26. The van der Waals surface area contributed by atoms with Crippen molar-refractivity contribution >= 4 is 45.0 Å². The molecule has 0 aliphatic carbocycles. The summed E-state index contributed by atoms with van der Waals surface area (Å²) in [6.45, 7) is 5.71. The van der Waals surface area contributed by atoms with Crippen molar-refractivity contribution in [3.8, 4) is 5.75 Å². The van der Waals surface area contributed by atoms with Gasteiger partial charge in [0.2, 0.25) is 5.91 Å². The van der Waals surface area contributed by atoms with Crippen molar-refractivity contribution < 1.29 is 14.3 Å². The minimum atomic E-state index is -0.702. The zero-order valence-electron chi connectivity index (χ0n) is 15.5. The van der Waals surface area contributed by atoms with Crippen LogP contribution < -0.4 is 10.1 Å². The van der Waals surface area contributed by atoms with Crippen molar-refractivity contribution in [3.63, 3.8) is 0 Å². The highest BCUT2D eigenvalue weighted by Gasteiger charge is 2.23. The number of hydrogen-bond acceptors (Lipinski definition) is 3. The number of nitrogens with zero attached hydrogens (tertiary/aromatic N) is 1. The van der Waals surface area contributed by atoms with E-state index in [2.05, 4.69) is 21.2 Å². The van der Waals surface area contributed by atoms with Gasteiger partial charge < -0.3 is 15.0 Å². The second-order valence-electron chi connectivity index (χ2n) is 6.07. The van der Waals surface area contributed by atoms with E-state index in [4.69, 9.17) is 16.3 Å². The second kappa shape index (κ2) is 9.76. The van der Waals surface area contributed by atoms with Crippen LogP contribution >= 0.6 is 27.5 Å². The van der Waals surface area contributed by atoms with Crippen molar-refractivity contribution in [2.24, 2.45) is 0 Å². The molecule has 0 saturated heterocycles. The van der Waals surface area contributed by atoms with Crippen LogP contribution in [0.3, 0.4) is 0 Å². The molecule has 0 radical (unpaired) electrons. The Labute approximate surface area is 172 Å². The lowest BCUT2D eigenvalue weighted by Gasteiger charge is -2.24. The molecule has 7 heteroatoms. The zero-order chi connectivity index (χ0) is 20.0. The Morgan fingerprint density at radius 3 is 2.52 bits per heavy atom. The first-order valence-corrected chi connectivity index (χ1v) is 9.74. The Hall–Kier alpha value is -2.05. The van der Waals surface area contributed by atoms with E-state index in [-0.39, 0.29) is 18.4 Å². The number of aryl methyl sites for hydroxylation is 1. The van der Waals surface area contributed by atoms with Gasteiger partial charge in [0.1, 0.15) is 5.75 Å². The lowest BCUT2D eigenvalue weighted by Crippen LogP contribution is -2.44. The van der Waals surface area contributed by atoms with Gasteiger partial charge >= 0.3 is 0 Å². The van der Waals surface area contributed by atoms with Crippen LogP contribution in [0.25, 0.3) is 0 Å². The molecule has 2 aromatic rings. The third-order valence-corrected chi connectivity index (χ3v) is 4.74. The van der Waals surface area contributed by atoms with E-state index in [0.717, 1.165) is 10.0 Å². The molecule has 2 rings (SSSR count). The zero-order valence-corrected chi connectivity index (χ0v) is 17.8. The Morgan fingerprint density at radius 2 is 1.89 bits per heavy atom. The van der Waals surface area contributed by atoms with Crippen LogP contribution in [0.2, 0.25) is 5.02 Å². The topological polar surface area (TPSA) is 58.6 Å². The van der Waals surface area contributed by atoms with Gasteiger partial charge in [0.15, 0.2) is 6.10 Å². The normalized spacial score (nSPS) is 11.6. The molecule has 0 aliphatic rings. The molecule has 0 fully saturated rings. The highest BCUT2D eigenvalue weighted by Crippen LogP contribution is 2.20. The third-order valence-electron chi connectivity index (χ3n) is 3.98. The largest absolute Gasteiger partial charge is 0.481 e. The van der Waals surface area contributed by atoms with Crippen LogP contribution in [0.1, 0.15) is 19.4 Å². The lowest BCUT2D eigenvalue weighted by atomic mass is 10.2. The fourth-order valence-electron chi connectivity index (χ4n) is 2.46. The van der Waals surface area contributed by atoms with Crippen molar-refractivity contribution in [2.75, 3.05) is 18.4 Å². The van der Waals surface area contributed by atoms with E-state index in [1.54, 1.807) is 31.2 Å². The number of nitrogens with one attached hydrogen (secondary N) is 1. The van der Waals surface area contributed by atoms with Gasteiger partial charge in [0.25, 0.3) is 5.91 Å². The van der Waals surface area contributed by atoms with E-state index in [1.165, 1.54) is 4.90 Å². The van der Waals surface area contributed by atoms with Crippen molar-refractivity contribution in [1.82, 2.24) is 4.90 Å². The first-order chi connectivity index (χ1) is 12.8. The molecular formula is C20H22BrClN2O3. The molecule has 5 nitrogen and oxygen atoms in total. The number of halogens is 2. The first-order valence-electron chi connectivity index (χ1n) is 8.57. The summed E-state index contributed by atoms with van der Waals surface area (Å²) in [4.78, 5) is 26.5. The maximum Gasteiger partial charge on any atom is 0.263 e. The molecule has 2 amide bonds. The lowest BCUT2D eigenvalue weighted by molar-refractivity contribution is -0.140. The first kappa shape index (κ1) is 21.3. The van der Waals surface area contributed by atoms with Crippen LogP contribution in [0.4, 0.5) is 5.69 Å². The van der Waals surface area contributed by atoms with Crippen LogP contribution in [0.15, 0.2) is 46.9 Å². The minimum absolute atomic E-state index is 0.0602. The highest BCUT2D eigenvalue weighted by atomic mass is 79.9. The maximum absolute atomic E-state index is 12.6. The minimum Gasteiger partial charge on any atom is -0.481 e. The van der Waals surface area contributed by atoms with E-state index in [9.17, 15) is 9.59 Å². The van der Waals surface area contributed by atoms with Crippen molar-refractivity contribution in [3.05, 3.63) is 57.5 Å². The van der Waals surface area contributed by atoms with Gasteiger partial charge in [-0.2, -0.15) is 0 Å². The average Bonchev–Trinajstić information content (AvgIpc) is 2.64. The predicted octanol–water partition coefficient (Wildman–Crippen LogP) is 4.67. The SMILES string of the molecule is CCN(CC(=O)Nc1cc(Cl)ccc1C)C(=O)C(C)Oc1ccc(Br)cc1. The Bertz CT molecular complexity index is 811. The number of carbonyl (C=O) groups is 2. The molecule has 0 bridgehead atoms. The number of ether oxygens (including phenoxy) is 1. The summed E-state index contributed by atoms with van der Waals surface area (Å²) in [6.07, 6.45) is -0.702. The molecule has 1 atom stereocenters.